The van der Waals surface area contributed by atoms with Crippen LogP contribution in [0, 0.1) is 12.8 Å². The van der Waals surface area contributed by atoms with Gasteiger partial charge in [0, 0.05) is 24.8 Å². The van der Waals surface area contributed by atoms with Gasteiger partial charge >= 0.3 is 6.18 Å². The first-order valence-corrected chi connectivity index (χ1v) is 10.6. The number of hydrogen-bond acceptors (Lipinski definition) is 3. The van der Waals surface area contributed by atoms with Crippen molar-refractivity contribution >= 4 is 0 Å². The predicted octanol–water partition coefficient (Wildman–Crippen LogP) is 6.39. The first kappa shape index (κ1) is 24.0. The third kappa shape index (κ3) is 6.40. The fraction of sp³-hybridized carbons (Fsp3) is 0.346. The Morgan fingerprint density at radius 2 is 1.62 bits per heavy atom. The van der Waals surface area contributed by atoms with Gasteiger partial charge in [0.25, 0.3) is 0 Å². The summed E-state index contributed by atoms with van der Waals surface area (Å²) in [5, 5.41) is 10.7. The van der Waals surface area contributed by atoms with Crippen molar-refractivity contribution in [3.8, 4) is 11.3 Å². The summed E-state index contributed by atoms with van der Waals surface area (Å²) < 4.78 is 46.6. The van der Waals surface area contributed by atoms with E-state index in [-0.39, 0.29) is 23.6 Å². The molecule has 0 fully saturated rings. The minimum Gasteiger partial charge on any atom is -0.388 e. The highest BCUT2D eigenvalue weighted by atomic mass is 19.4. The molecule has 3 nitrogen and oxygen atoms in total. The Balaban J connectivity index is 1.78. The molecule has 2 atom stereocenters. The molecule has 170 valence electrons. The number of nitrogens with zero attached hydrogens (tertiary/aromatic N) is 1. The number of ether oxygens (including phenoxy) is 1. The molecule has 3 aromatic rings. The Bertz CT molecular complexity index is 988. The lowest BCUT2D eigenvalue weighted by atomic mass is 9.92. The molecule has 0 amide bonds. The van der Waals surface area contributed by atoms with Gasteiger partial charge in [-0.3, -0.25) is 0 Å². The number of halogens is 3. The maximum absolute atomic E-state index is 13.8. The quantitative estimate of drug-likeness (QED) is 0.416. The SMILES string of the molecule is COC[C@@H](CCC(O)c1ccc(-c2ccc(C)cc2)nc1C(F)(F)F)Cc1ccccc1. The number of pyridine rings is 1. The first-order chi connectivity index (χ1) is 15.3. The molecule has 0 saturated carbocycles. The number of aromatic nitrogens is 1. The van der Waals surface area contributed by atoms with E-state index in [4.69, 9.17) is 4.74 Å². The standard InChI is InChI=1S/C26H28F3NO2/c1-18-8-11-21(12-9-18)23-14-13-22(25(30-23)26(27,28)29)24(31)15-10-20(17-32-2)16-19-6-4-3-5-7-19/h3-9,11-14,20,24,31H,10,15-17H2,1-2H3/t20-,24?/m0/s1. The number of alkyl halides is 3. The number of benzene rings is 2. The van der Waals surface area contributed by atoms with Gasteiger partial charge < -0.3 is 9.84 Å². The lowest BCUT2D eigenvalue weighted by molar-refractivity contribution is -0.142. The van der Waals surface area contributed by atoms with Crippen LogP contribution in [0.15, 0.2) is 66.7 Å². The summed E-state index contributed by atoms with van der Waals surface area (Å²) in [6.07, 6.45) is -4.47. The van der Waals surface area contributed by atoms with Crippen molar-refractivity contribution in [1.29, 1.82) is 0 Å². The van der Waals surface area contributed by atoms with E-state index in [2.05, 4.69) is 4.98 Å². The number of aryl methyl sites for hydroxylation is 1. The van der Waals surface area contributed by atoms with Gasteiger partial charge in [0.2, 0.25) is 0 Å². The molecule has 1 aromatic heterocycles. The van der Waals surface area contributed by atoms with Gasteiger partial charge in [-0.2, -0.15) is 13.2 Å². The summed E-state index contributed by atoms with van der Waals surface area (Å²) in [4.78, 5) is 3.89. The second-order valence-electron chi connectivity index (χ2n) is 8.10. The van der Waals surface area contributed by atoms with Gasteiger partial charge in [0.15, 0.2) is 5.69 Å². The van der Waals surface area contributed by atoms with Crippen LogP contribution < -0.4 is 0 Å². The number of rotatable bonds is 9. The topological polar surface area (TPSA) is 42.4 Å². The van der Waals surface area contributed by atoms with Crippen molar-refractivity contribution in [3.05, 3.63) is 89.1 Å². The molecule has 3 rings (SSSR count). The Morgan fingerprint density at radius 3 is 2.25 bits per heavy atom. The second kappa shape index (κ2) is 10.7. The van der Waals surface area contributed by atoms with E-state index in [0.29, 0.717) is 18.6 Å². The second-order valence-corrected chi connectivity index (χ2v) is 8.10. The predicted molar refractivity (Wildman–Crippen MR) is 119 cm³/mol. The van der Waals surface area contributed by atoms with Crippen LogP contribution in [0.4, 0.5) is 13.2 Å². The van der Waals surface area contributed by atoms with Gasteiger partial charge in [-0.15, -0.1) is 0 Å². The zero-order valence-electron chi connectivity index (χ0n) is 18.3. The summed E-state index contributed by atoms with van der Waals surface area (Å²) in [5.41, 5.74) is 1.75. The van der Waals surface area contributed by atoms with Gasteiger partial charge in [0.05, 0.1) is 11.8 Å². The largest absolute Gasteiger partial charge is 0.433 e. The molecule has 0 bridgehead atoms. The average Bonchev–Trinajstić information content (AvgIpc) is 2.77. The average molecular weight is 444 g/mol. The number of methoxy groups -OCH3 is 1. The van der Waals surface area contributed by atoms with Crippen LogP contribution in [0.2, 0.25) is 0 Å². The molecule has 1 heterocycles. The van der Waals surface area contributed by atoms with Crippen molar-refractivity contribution in [2.24, 2.45) is 5.92 Å². The molecule has 0 aliphatic heterocycles. The van der Waals surface area contributed by atoms with Gasteiger partial charge in [-0.25, -0.2) is 4.98 Å². The van der Waals surface area contributed by atoms with E-state index in [0.717, 1.165) is 17.5 Å². The molecule has 0 radical (unpaired) electrons. The van der Waals surface area contributed by atoms with Gasteiger partial charge in [0.1, 0.15) is 0 Å². The van der Waals surface area contributed by atoms with Crippen LogP contribution in [0.3, 0.4) is 0 Å². The minimum absolute atomic E-state index is 0.0891. The normalized spacial score (nSPS) is 13.7. The van der Waals surface area contributed by atoms with Crippen molar-refractivity contribution in [1.82, 2.24) is 4.98 Å². The fourth-order valence-corrected chi connectivity index (χ4v) is 3.83. The summed E-state index contributed by atoms with van der Waals surface area (Å²) in [6.45, 7) is 2.38. The Morgan fingerprint density at radius 1 is 0.938 bits per heavy atom. The first-order valence-electron chi connectivity index (χ1n) is 10.6. The third-order valence-corrected chi connectivity index (χ3v) is 5.52. The summed E-state index contributed by atoms with van der Waals surface area (Å²) in [6, 6.07) is 19.9. The molecule has 0 saturated heterocycles. The molecule has 0 aliphatic carbocycles. The maximum Gasteiger partial charge on any atom is 0.433 e. The molecule has 0 aliphatic rings. The highest BCUT2D eigenvalue weighted by Crippen LogP contribution is 2.36. The number of aliphatic hydroxyl groups excluding tert-OH is 1. The van der Waals surface area contributed by atoms with E-state index in [1.165, 1.54) is 12.1 Å². The fourth-order valence-electron chi connectivity index (χ4n) is 3.83. The van der Waals surface area contributed by atoms with Gasteiger partial charge in [-0.05, 0) is 43.7 Å². The molecular formula is C26H28F3NO2. The Kier molecular flexibility index (Phi) is 8.04. The highest BCUT2D eigenvalue weighted by Gasteiger charge is 2.37. The molecule has 0 spiro atoms. The summed E-state index contributed by atoms with van der Waals surface area (Å²) >= 11 is 0. The molecule has 2 aromatic carbocycles. The van der Waals surface area contributed by atoms with Crippen LogP contribution >= 0.6 is 0 Å². The van der Waals surface area contributed by atoms with Crippen LogP contribution in [-0.2, 0) is 17.3 Å². The van der Waals surface area contributed by atoms with Crippen LogP contribution in [0.1, 0.15) is 41.3 Å². The maximum atomic E-state index is 13.8. The van der Waals surface area contributed by atoms with E-state index in [1.54, 1.807) is 19.2 Å². The molecule has 32 heavy (non-hydrogen) atoms. The Labute approximate surface area is 186 Å². The third-order valence-electron chi connectivity index (χ3n) is 5.52. The zero-order chi connectivity index (χ0) is 23.1. The monoisotopic (exact) mass is 443 g/mol. The van der Waals surface area contributed by atoms with Gasteiger partial charge in [-0.1, -0.05) is 66.2 Å². The molecule has 1 unspecified atom stereocenters. The van der Waals surface area contributed by atoms with Crippen molar-refractivity contribution in [2.75, 3.05) is 13.7 Å². The van der Waals surface area contributed by atoms with Crippen molar-refractivity contribution < 1.29 is 23.0 Å². The lowest BCUT2D eigenvalue weighted by Gasteiger charge is -2.21. The van der Waals surface area contributed by atoms with E-state index >= 15 is 0 Å². The van der Waals surface area contributed by atoms with Crippen molar-refractivity contribution in [2.45, 2.75) is 38.5 Å². The molecule has 1 N–H and O–H groups in total. The van der Waals surface area contributed by atoms with E-state index in [1.807, 2.05) is 49.4 Å². The summed E-state index contributed by atoms with van der Waals surface area (Å²) in [7, 11) is 1.60. The van der Waals surface area contributed by atoms with Crippen LogP contribution in [0.25, 0.3) is 11.3 Å². The van der Waals surface area contributed by atoms with E-state index in [9.17, 15) is 18.3 Å². The smallest absolute Gasteiger partial charge is 0.388 e. The lowest BCUT2D eigenvalue weighted by Crippen LogP contribution is -2.17. The van der Waals surface area contributed by atoms with E-state index < -0.39 is 18.0 Å². The van der Waals surface area contributed by atoms with Crippen LogP contribution in [-0.4, -0.2) is 23.8 Å². The number of aliphatic hydroxyl groups is 1. The Hall–Kier alpha value is -2.70. The summed E-state index contributed by atoms with van der Waals surface area (Å²) in [5.74, 6) is 0.0891. The zero-order valence-corrected chi connectivity index (χ0v) is 18.3. The van der Waals surface area contributed by atoms with Crippen molar-refractivity contribution in [3.63, 3.8) is 0 Å². The molecular weight excluding hydrogens is 415 g/mol. The molecule has 6 heteroatoms. The minimum atomic E-state index is -4.66. The highest BCUT2D eigenvalue weighted by molar-refractivity contribution is 5.60. The number of hydrogen-bond donors (Lipinski definition) is 1. The van der Waals surface area contributed by atoms with Crippen LogP contribution in [0.5, 0.6) is 0 Å².